The van der Waals surface area contributed by atoms with Crippen molar-refractivity contribution in [3.8, 4) is 0 Å². The summed E-state index contributed by atoms with van der Waals surface area (Å²) >= 11 is 0. The molecule has 0 aromatic carbocycles. The van der Waals surface area contributed by atoms with Gasteiger partial charge in [0.15, 0.2) is 5.82 Å². The molecule has 0 aliphatic heterocycles. The van der Waals surface area contributed by atoms with Gasteiger partial charge in [-0.3, -0.25) is 0 Å². The van der Waals surface area contributed by atoms with Gasteiger partial charge in [0, 0.05) is 0 Å². The molecule has 0 amide bonds. The van der Waals surface area contributed by atoms with E-state index in [1.807, 2.05) is 0 Å². The van der Waals surface area contributed by atoms with Crippen LogP contribution in [0.15, 0.2) is 4.52 Å². The van der Waals surface area contributed by atoms with Gasteiger partial charge in [-0.05, 0) is 26.2 Å². The van der Waals surface area contributed by atoms with Crippen molar-refractivity contribution < 1.29 is 9.63 Å². The van der Waals surface area contributed by atoms with Crippen LogP contribution in [0.25, 0.3) is 0 Å². The van der Waals surface area contributed by atoms with E-state index in [1.165, 1.54) is 0 Å². The predicted molar refractivity (Wildman–Crippen MR) is 46.3 cm³/mol. The summed E-state index contributed by atoms with van der Waals surface area (Å²) in [6.07, 6.45) is 2.58. The fraction of sp³-hybridized carbons (Fsp3) is 0.750. The molecule has 72 valence electrons. The lowest BCUT2D eigenvalue weighted by atomic mass is 10.2. The molecule has 0 radical (unpaired) electrons. The number of aromatic nitrogens is 2. The highest BCUT2D eigenvalue weighted by Gasteiger charge is 2.26. The maximum absolute atomic E-state index is 9.50. The molecule has 0 bridgehead atoms. The van der Waals surface area contributed by atoms with Gasteiger partial charge in [0.2, 0.25) is 0 Å². The lowest BCUT2D eigenvalue weighted by Crippen LogP contribution is -2.27. The van der Waals surface area contributed by atoms with Crippen LogP contribution in [0.4, 0.5) is 6.01 Å². The molecule has 1 aliphatic rings. The molecule has 5 heteroatoms. The van der Waals surface area contributed by atoms with Crippen molar-refractivity contribution in [3.05, 3.63) is 5.82 Å². The fourth-order valence-electron chi connectivity index (χ4n) is 1.62. The van der Waals surface area contributed by atoms with Gasteiger partial charge < -0.3 is 14.9 Å². The van der Waals surface area contributed by atoms with Crippen LogP contribution in [0, 0.1) is 6.92 Å². The number of nitrogens with zero attached hydrogens (tertiary/aromatic N) is 2. The zero-order valence-electron chi connectivity index (χ0n) is 7.53. The highest BCUT2D eigenvalue weighted by molar-refractivity contribution is 5.21. The first-order valence-electron chi connectivity index (χ1n) is 4.50. The van der Waals surface area contributed by atoms with Crippen LogP contribution in [0.3, 0.4) is 0 Å². The standard InChI is InChI=1S/C8H13N3O2/c1-5-9-8(13-11-5)10-6-3-2-4-7(6)12/h6-7,12H,2-4H2,1H3,(H,9,10,11). The summed E-state index contributed by atoms with van der Waals surface area (Å²) in [5.74, 6) is 0.606. The number of aryl methyl sites for hydroxylation is 1. The Morgan fingerprint density at radius 2 is 2.38 bits per heavy atom. The summed E-state index contributed by atoms with van der Waals surface area (Å²) in [6.45, 7) is 1.76. The molecule has 13 heavy (non-hydrogen) atoms. The summed E-state index contributed by atoms with van der Waals surface area (Å²) in [6, 6.07) is 0.475. The highest BCUT2D eigenvalue weighted by Crippen LogP contribution is 2.21. The first-order chi connectivity index (χ1) is 6.25. The van der Waals surface area contributed by atoms with E-state index in [9.17, 15) is 5.11 Å². The van der Waals surface area contributed by atoms with Gasteiger partial charge >= 0.3 is 6.01 Å². The van der Waals surface area contributed by atoms with Crippen molar-refractivity contribution in [3.63, 3.8) is 0 Å². The van der Waals surface area contributed by atoms with Gasteiger partial charge in [-0.25, -0.2) is 0 Å². The van der Waals surface area contributed by atoms with Gasteiger partial charge in [0.05, 0.1) is 12.1 Å². The quantitative estimate of drug-likeness (QED) is 0.706. The summed E-state index contributed by atoms with van der Waals surface area (Å²) in [4.78, 5) is 4.01. The summed E-state index contributed by atoms with van der Waals surface area (Å²) in [5.41, 5.74) is 0. The predicted octanol–water partition coefficient (Wildman–Crippen LogP) is 0.703. The molecule has 0 saturated heterocycles. The van der Waals surface area contributed by atoms with Crippen molar-refractivity contribution in [2.75, 3.05) is 5.32 Å². The third-order valence-electron chi connectivity index (χ3n) is 2.32. The minimum Gasteiger partial charge on any atom is -0.391 e. The molecule has 1 fully saturated rings. The van der Waals surface area contributed by atoms with Crippen molar-refractivity contribution in [2.45, 2.75) is 38.3 Å². The Morgan fingerprint density at radius 1 is 1.54 bits per heavy atom. The lowest BCUT2D eigenvalue weighted by Gasteiger charge is -2.13. The summed E-state index contributed by atoms with van der Waals surface area (Å²) < 4.78 is 4.89. The van der Waals surface area contributed by atoms with Crippen LogP contribution < -0.4 is 5.32 Å². The molecular formula is C8H13N3O2. The number of aliphatic hydroxyl groups is 1. The zero-order valence-corrected chi connectivity index (χ0v) is 7.53. The minimum absolute atomic E-state index is 0.0693. The molecular weight excluding hydrogens is 170 g/mol. The Labute approximate surface area is 76.1 Å². The van der Waals surface area contributed by atoms with Gasteiger partial charge in [-0.1, -0.05) is 5.16 Å². The normalized spacial score (nSPS) is 27.8. The smallest absolute Gasteiger partial charge is 0.321 e. The van der Waals surface area contributed by atoms with Crippen LogP contribution in [0.2, 0.25) is 0 Å². The van der Waals surface area contributed by atoms with Gasteiger partial charge in [0.1, 0.15) is 0 Å². The third-order valence-corrected chi connectivity index (χ3v) is 2.32. The second kappa shape index (κ2) is 3.33. The number of rotatable bonds is 2. The van der Waals surface area contributed by atoms with E-state index in [4.69, 9.17) is 4.52 Å². The SMILES string of the molecule is Cc1noc(NC2CCCC2O)n1. The Kier molecular flexibility index (Phi) is 2.18. The van der Waals surface area contributed by atoms with Crippen molar-refractivity contribution in [1.29, 1.82) is 0 Å². The average molecular weight is 183 g/mol. The number of aliphatic hydroxyl groups excluding tert-OH is 1. The van der Waals surface area contributed by atoms with E-state index < -0.39 is 0 Å². The third kappa shape index (κ3) is 1.80. The number of nitrogens with one attached hydrogen (secondary N) is 1. The van der Waals surface area contributed by atoms with Crippen molar-refractivity contribution >= 4 is 6.01 Å². The molecule has 2 atom stereocenters. The number of hydrogen-bond acceptors (Lipinski definition) is 5. The van der Waals surface area contributed by atoms with Crippen LogP contribution >= 0.6 is 0 Å². The van der Waals surface area contributed by atoms with Gasteiger partial charge in [-0.15, -0.1) is 0 Å². The molecule has 1 aromatic rings. The van der Waals surface area contributed by atoms with E-state index in [1.54, 1.807) is 6.92 Å². The molecule has 2 N–H and O–H groups in total. The first kappa shape index (κ1) is 8.50. The Bertz CT molecular complexity index is 287. The molecule has 2 rings (SSSR count). The van der Waals surface area contributed by atoms with E-state index in [-0.39, 0.29) is 12.1 Å². The summed E-state index contributed by atoms with van der Waals surface area (Å²) in [7, 11) is 0. The summed E-state index contributed by atoms with van der Waals surface area (Å²) in [5, 5.41) is 16.2. The number of anilines is 1. The maximum Gasteiger partial charge on any atom is 0.321 e. The lowest BCUT2D eigenvalue weighted by molar-refractivity contribution is 0.170. The topological polar surface area (TPSA) is 71.2 Å². The molecule has 5 nitrogen and oxygen atoms in total. The minimum atomic E-state index is -0.285. The molecule has 1 aliphatic carbocycles. The average Bonchev–Trinajstić information content (AvgIpc) is 2.64. The fourth-order valence-corrected chi connectivity index (χ4v) is 1.62. The van der Waals surface area contributed by atoms with E-state index in [0.29, 0.717) is 11.8 Å². The second-order valence-corrected chi connectivity index (χ2v) is 3.40. The van der Waals surface area contributed by atoms with Crippen molar-refractivity contribution in [1.82, 2.24) is 10.1 Å². The van der Waals surface area contributed by atoms with Gasteiger partial charge in [-0.2, -0.15) is 4.98 Å². The zero-order chi connectivity index (χ0) is 9.26. The monoisotopic (exact) mass is 183 g/mol. The molecule has 1 heterocycles. The van der Waals surface area contributed by atoms with Crippen LogP contribution in [0.5, 0.6) is 0 Å². The van der Waals surface area contributed by atoms with Crippen molar-refractivity contribution in [2.24, 2.45) is 0 Å². The van der Waals surface area contributed by atoms with Gasteiger partial charge in [0.25, 0.3) is 0 Å². The Morgan fingerprint density at radius 3 is 2.92 bits per heavy atom. The Hall–Kier alpha value is -1.10. The Balaban J connectivity index is 1.97. The molecule has 2 unspecified atom stereocenters. The van der Waals surface area contributed by atoms with Crippen LogP contribution in [-0.2, 0) is 0 Å². The number of hydrogen-bond donors (Lipinski definition) is 2. The maximum atomic E-state index is 9.50. The van der Waals surface area contributed by atoms with E-state index in [2.05, 4.69) is 15.5 Å². The van der Waals surface area contributed by atoms with E-state index in [0.717, 1.165) is 19.3 Å². The van der Waals surface area contributed by atoms with Crippen LogP contribution in [-0.4, -0.2) is 27.4 Å². The second-order valence-electron chi connectivity index (χ2n) is 3.40. The molecule has 1 saturated carbocycles. The largest absolute Gasteiger partial charge is 0.391 e. The molecule has 1 aromatic heterocycles. The molecule has 0 spiro atoms. The van der Waals surface area contributed by atoms with E-state index >= 15 is 0 Å². The highest BCUT2D eigenvalue weighted by atomic mass is 16.5. The first-order valence-corrected chi connectivity index (χ1v) is 4.50. The van der Waals surface area contributed by atoms with Crippen LogP contribution in [0.1, 0.15) is 25.1 Å².